The highest BCUT2D eigenvalue weighted by atomic mass is 16.6. The van der Waals surface area contributed by atoms with Crippen molar-refractivity contribution in [3.8, 4) is 0 Å². The Balaban J connectivity index is 2.44. The molecule has 1 aromatic carbocycles. The van der Waals surface area contributed by atoms with Crippen molar-refractivity contribution in [3.05, 3.63) is 53.7 Å². The van der Waals surface area contributed by atoms with Crippen LogP contribution in [0.3, 0.4) is 0 Å². The number of ether oxygens (including phenoxy) is 1. The van der Waals surface area contributed by atoms with E-state index >= 15 is 0 Å². The van der Waals surface area contributed by atoms with Gasteiger partial charge in [-0.1, -0.05) is 26.0 Å². The van der Waals surface area contributed by atoms with Crippen molar-refractivity contribution >= 4 is 17.6 Å². The van der Waals surface area contributed by atoms with Crippen LogP contribution in [0.25, 0.3) is 0 Å². The minimum absolute atomic E-state index is 0.433. The summed E-state index contributed by atoms with van der Waals surface area (Å²) in [5.41, 5.74) is 2.43. The van der Waals surface area contributed by atoms with Crippen molar-refractivity contribution in [1.82, 2.24) is 4.98 Å². The van der Waals surface area contributed by atoms with Crippen LogP contribution in [-0.4, -0.2) is 16.7 Å². The van der Waals surface area contributed by atoms with Crippen LogP contribution in [0.15, 0.2) is 42.6 Å². The van der Waals surface area contributed by atoms with E-state index in [0.29, 0.717) is 11.7 Å². The Kier molecular flexibility index (Phi) is 5.27. The van der Waals surface area contributed by atoms with Gasteiger partial charge in [-0.05, 0) is 69.0 Å². The number of hydrogen-bond donors (Lipinski definition) is 0. The standard InChI is InChI=1S/C20H26N2O2/c1-14(2)16-7-9-17(10-8-16)22(19(23)24-20(4,5)6)18-13-15(3)11-12-21-18/h7-14H,1-6H3. The third kappa shape index (κ3) is 4.57. The lowest BCUT2D eigenvalue weighted by atomic mass is 10.0. The fourth-order valence-corrected chi connectivity index (χ4v) is 2.29. The Bertz CT molecular complexity index is 700. The Hall–Kier alpha value is -2.36. The van der Waals surface area contributed by atoms with E-state index in [1.54, 1.807) is 6.20 Å². The van der Waals surface area contributed by atoms with E-state index in [9.17, 15) is 4.79 Å². The molecule has 1 aromatic heterocycles. The average Bonchev–Trinajstić information content (AvgIpc) is 2.46. The van der Waals surface area contributed by atoms with E-state index < -0.39 is 11.7 Å². The van der Waals surface area contributed by atoms with Gasteiger partial charge in [-0.25, -0.2) is 14.7 Å². The van der Waals surface area contributed by atoms with Gasteiger partial charge in [-0.2, -0.15) is 0 Å². The van der Waals surface area contributed by atoms with Crippen LogP contribution in [0, 0.1) is 6.92 Å². The Morgan fingerprint density at radius 2 is 1.75 bits per heavy atom. The number of benzene rings is 1. The summed E-state index contributed by atoms with van der Waals surface area (Å²) >= 11 is 0. The predicted octanol–water partition coefficient (Wildman–Crippen LogP) is 5.59. The maximum absolute atomic E-state index is 12.8. The maximum Gasteiger partial charge on any atom is 0.420 e. The predicted molar refractivity (Wildman–Crippen MR) is 97.9 cm³/mol. The van der Waals surface area contributed by atoms with Crippen molar-refractivity contribution in [2.24, 2.45) is 0 Å². The zero-order chi connectivity index (χ0) is 17.9. The first kappa shape index (κ1) is 18.0. The normalized spacial score (nSPS) is 11.5. The van der Waals surface area contributed by atoms with Gasteiger partial charge >= 0.3 is 6.09 Å². The van der Waals surface area contributed by atoms with Gasteiger partial charge in [0.2, 0.25) is 0 Å². The van der Waals surface area contributed by atoms with Crippen LogP contribution in [0.2, 0.25) is 0 Å². The second-order valence-electron chi connectivity index (χ2n) is 7.25. The summed E-state index contributed by atoms with van der Waals surface area (Å²) in [6.07, 6.45) is 1.27. The summed E-state index contributed by atoms with van der Waals surface area (Å²) in [7, 11) is 0. The number of pyridine rings is 1. The van der Waals surface area contributed by atoms with E-state index in [1.165, 1.54) is 10.5 Å². The van der Waals surface area contributed by atoms with E-state index in [1.807, 2.05) is 64.1 Å². The number of carbonyl (C=O) groups is 1. The van der Waals surface area contributed by atoms with Gasteiger partial charge in [-0.3, -0.25) is 0 Å². The Morgan fingerprint density at radius 1 is 1.12 bits per heavy atom. The lowest BCUT2D eigenvalue weighted by Crippen LogP contribution is -2.34. The molecule has 4 heteroatoms. The van der Waals surface area contributed by atoms with Crippen molar-refractivity contribution in [3.63, 3.8) is 0 Å². The second kappa shape index (κ2) is 7.04. The monoisotopic (exact) mass is 326 g/mol. The topological polar surface area (TPSA) is 42.4 Å². The van der Waals surface area contributed by atoms with Crippen LogP contribution < -0.4 is 4.90 Å². The van der Waals surface area contributed by atoms with Gasteiger partial charge in [0.05, 0.1) is 5.69 Å². The number of amides is 1. The first-order chi connectivity index (χ1) is 11.2. The van der Waals surface area contributed by atoms with Gasteiger partial charge in [0.15, 0.2) is 0 Å². The van der Waals surface area contributed by atoms with Crippen LogP contribution in [0.5, 0.6) is 0 Å². The lowest BCUT2D eigenvalue weighted by Gasteiger charge is -2.27. The molecule has 2 aromatic rings. The summed E-state index contributed by atoms with van der Waals surface area (Å²) in [5.74, 6) is 0.993. The number of aromatic nitrogens is 1. The highest BCUT2D eigenvalue weighted by Gasteiger charge is 2.25. The van der Waals surface area contributed by atoms with Crippen LogP contribution in [-0.2, 0) is 4.74 Å². The van der Waals surface area contributed by atoms with Crippen LogP contribution in [0.1, 0.15) is 51.7 Å². The molecule has 0 aliphatic carbocycles. The average molecular weight is 326 g/mol. The Labute approximate surface area is 144 Å². The molecule has 0 unspecified atom stereocenters. The summed E-state index contributed by atoms with van der Waals surface area (Å²) in [5, 5.41) is 0. The molecule has 0 aliphatic heterocycles. The fourth-order valence-electron chi connectivity index (χ4n) is 2.29. The highest BCUT2D eigenvalue weighted by Crippen LogP contribution is 2.28. The minimum Gasteiger partial charge on any atom is -0.443 e. The first-order valence-electron chi connectivity index (χ1n) is 8.23. The zero-order valence-corrected chi connectivity index (χ0v) is 15.3. The molecule has 2 rings (SSSR count). The molecule has 0 radical (unpaired) electrons. The summed E-state index contributed by atoms with van der Waals surface area (Å²) < 4.78 is 5.57. The number of nitrogens with zero attached hydrogens (tertiary/aromatic N) is 2. The number of anilines is 2. The number of hydrogen-bond acceptors (Lipinski definition) is 3. The zero-order valence-electron chi connectivity index (χ0n) is 15.3. The molecule has 4 nitrogen and oxygen atoms in total. The SMILES string of the molecule is Cc1ccnc(N(C(=O)OC(C)(C)C)c2ccc(C(C)C)cc2)c1. The lowest BCUT2D eigenvalue weighted by molar-refractivity contribution is 0.0598. The molecule has 0 N–H and O–H groups in total. The van der Waals surface area contributed by atoms with Gasteiger partial charge in [0.1, 0.15) is 11.4 Å². The van der Waals surface area contributed by atoms with E-state index in [0.717, 1.165) is 11.3 Å². The van der Waals surface area contributed by atoms with Crippen LogP contribution >= 0.6 is 0 Å². The largest absolute Gasteiger partial charge is 0.443 e. The van der Waals surface area contributed by atoms with E-state index in [4.69, 9.17) is 4.74 Å². The maximum atomic E-state index is 12.8. The molecule has 0 atom stereocenters. The molecule has 0 saturated heterocycles. The highest BCUT2D eigenvalue weighted by molar-refractivity contribution is 5.95. The third-order valence-corrected chi connectivity index (χ3v) is 3.52. The fraction of sp³-hybridized carbons (Fsp3) is 0.400. The molecular weight excluding hydrogens is 300 g/mol. The molecular formula is C20H26N2O2. The molecule has 1 heterocycles. The number of rotatable bonds is 3. The molecule has 0 aliphatic rings. The van der Waals surface area contributed by atoms with E-state index in [-0.39, 0.29) is 0 Å². The summed E-state index contributed by atoms with van der Waals surface area (Å²) in [4.78, 5) is 18.6. The van der Waals surface area contributed by atoms with Gasteiger partial charge in [-0.15, -0.1) is 0 Å². The molecule has 0 spiro atoms. The molecule has 0 bridgehead atoms. The second-order valence-corrected chi connectivity index (χ2v) is 7.25. The molecule has 128 valence electrons. The van der Waals surface area contributed by atoms with Gasteiger partial charge in [0.25, 0.3) is 0 Å². The summed E-state index contributed by atoms with van der Waals surface area (Å²) in [6.45, 7) is 11.8. The molecule has 0 fully saturated rings. The first-order valence-corrected chi connectivity index (χ1v) is 8.23. The van der Waals surface area contributed by atoms with Crippen molar-refractivity contribution in [1.29, 1.82) is 0 Å². The third-order valence-electron chi connectivity index (χ3n) is 3.52. The summed E-state index contributed by atoms with van der Waals surface area (Å²) in [6, 6.07) is 11.7. The molecule has 0 saturated carbocycles. The molecule has 1 amide bonds. The Morgan fingerprint density at radius 3 is 2.25 bits per heavy atom. The smallest absolute Gasteiger partial charge is 0.420 e. The van der Waals surface area contributed by atoms with Crippen molar-refractivity contribution in [2.45, 2.75) is 53.1 Å². The van der Waals surface area contributed by atoms with E-state index in [2.05, 4.69) is 18.8 Å². The number of carbonyl (C=O) groups excluding carboxylic acids is 1. The van der Waals surface area contributed by atoms with Crippen molar-refractivity contribution < 1.29 is 9.53 Å². The van der Waals surface area contributed by atoms with Gasteiger partial charge in [0, 0.05) is 6.20 Å². The van der Waals surface area contributed by atoms with Crippen LogP contribution in [0.4, 0.5) is 16.3 Å². The molecule has 24 heavy (non-hydrogen) atoms. The van der Waals surface area contributed by atoms with Crippen molar-refractivity contribution in [2.75, 3.05) is 4.90 Å². The van der Waals surface area contributed by atoms with Gasteiger partial charge < -0.3 is 4.74 Å². The quantitative estimate of drug-likeness (QED) is 0.738. The minimum atomic E-state index is -0.572. The number of aryl methyl sites for hydroxylation is 1.